The van der Waals surface area contributed by atoms with Gasteiger partial charge in [0.25, 0.3) is 0 Å². The number of ether oxygens (including phenoxy) is 2. The van der Waals surface area contributed by atoms with Crippen LogP contribution in [0.25, 0.3) is 0 Å². The SMILES string of the molecule is C=CCNCc1cc(Cl)c(OCc2ccc(Cl)cc2Cl)c(OC)c1. The van der Waals surface area contributed by atoms with E-state index in [4.69, 9.17) is 44.3 Å². The smallest absolute Gasteiger partial charge is 0.180 e. The fraction of sp³-hybridized carbons (Fsp3) is 0.222. The van der Waals surface area contributed by atoms with Crippen LogP contribution < -0.4 is 14.8 Å². The highest BCUT2D eigenvalue weighted by atomic mass is 35.5. The van der Waals surface area contributed by atoms with Crippen LogP contribution >= 0.6 is 34.8 Å². The topological polar surface area (TPSA) is 30.5 Å². The average Bonchev–Trinajstić information content (AvgIpc) is 2.55. The standard InChI is InChI=1S/C18H18Cl3NO2/c1-3-6-22-10-12-7-16(21)18(17(8-12)23-2)24-11-13-4-5-14(19)9-15(13)20/h3-5,7-9,22H,1,6,10-11H2,2H3. The van der Waals surface area contributed by atoms with E-state index in [2.05, 4.69) is 11.9 Å². The number of hydrogen-bond donors (Lipinski definition) is 1. The minimum atomic E-state index is 0.264. The van der Waals surface area contributed by atoms with Crippen LogP contribution in [0.4, 0.5) is 0 Å². The van der Waals surface area contributed by atoms with E-state index in [9.17, 15) is 0 Å². The van der Waals surface area contributed by atoms with Gasteiger partial charge in [0.05, 0.1) is 12.1 Å². The molecule has 0 fully saturated rings. The highest BCUT2D eigenvalue weighted by molar-refractivity contribution is 6.35. The van der Waals surface area contributed by atoms with Crippen molar-refractivity contribution in [2.45, 2.75) is 13.2 Å². The predicted molar refractivity (Wildman–Crippen MR) is 101 cm³/mol. The molecule has 0 unspecified atom stereocenters. The Bertz CT molecular complexity index is 720. The number of halogens is 3. The minimum absolute atomic E-state index is 0.264. The van der Waals surface area contributed by atoms with Gasteiger partial charge in [0.15, 0.2) is 11.5 Å². The van der Waals surface area contributed by atoms with Crippen LogP contribution in [0.2, 0.25) is 15.1 Å². The van der Waals surface area contributed by atoms with Crippen LogP contribution in [0, 0.1) is 0 Å². The molecular weight excluding hydrogens is 369 g/mol. The predicted octanol–water partition coefficient (Wildman–Crippen LogP) is 5.51. The Morgan fingerprint density at radius 3 is 2.58 bits per heavy atom. The van der Waals surface area contributed by atoms with Gasteiger partial charge < -0.3 is 14.8 Å². The van der Waals surface area contributed by atoms with Crippen LogP contribution in [-0.2, 0) is 13.2 Å². The van der Waals surface area contributed by atoms with Crippen LogP contribution in [0.5, 0.6) is 11.5 Å². The number of nitrogens with one attached hydrogen (secondary N) is 1. The Morgan fingerprint density at radius 1 is 1.12 bits per heavy atom. The van der Waals surface area contributed by atoms with Crippen molar-refractivity contribution in [2.75, 3.05) is 13.7 Å². The molecule has 128 valence electrons. The molecule has 6 heteroatoms. The first kappa shape index (κ1) is 18.9. The number of benzene rings is 2. The molecule has 0 saturated carbocycles. The summed E-state index contributed by atoms with van der Waals surface area (Å²) < 4.78 is 11.2. The third-order valence-corrected chi connectivity index (χ3v) is 4.16. The summed E-state index contributed by atoms with van der Waals surface area (Å²) in [6.07, 6.45) is 1.80. The van der Waals surface area contributed by atoms with Gasteiger partial charge in [-0.3, -0.25) is 0 Å². The van der Waals surface area contributed by atoms with Crippen molar-refractivity contribution in [1.29, 1.82) is 0 Å². The molecule has 2 rings (SSSR count). The maximum atomic E-state index is 6.35. The number of rotatable bonds is 8. The Balaban J connectivity index is 2.15. The summed E-state index contributed by atoms with van der Waals surface area (Å²) in [6.45, 7) is 5.31. The maximum absolute atomic E-state index is 6.35. The Morgan fingerprint density at radius 2 is 1.92 bits per heavy atom. The number of methoxy groups -OCH3 is 1. The van der Waals surface area contributed by atoms with Gasteiger partial charge in [-0.1, -0.05) is 46.9 Å². The van der Waals surface area contributed by atoms with Crippen molar-refractivity contribution in [2.24, 2.45) is 0 Å². The second kappa shape index (κ2) is 9.19. The van der Waals surface area contributed by atoms with E-state index < -0.39 is 0 Å². The molecule has 0 bridgehead atoms. The van der Waals surface area contributed by atoms with Crippen molar-refractivity contribution < 1.29 is 9.47 Å². The maximum Gasteiger partial charge on any atom is 0.180 e. The zero-order valence-corrected chi connectivity index (χ0v) is 15.5. The van der Waals surface area contributed by atoms with E-state index in [-0.39, 0.29) is 6.61 Å². The fourth-order valence-electron chi connectivity index (χ4n) is 2.12. The van der Waals surface area contributed by atoms with Gasteiger partial charge in [-0.15, -0.1) is 6.58 Å². The molecular formula is C18H18Cl3NO2. The Hall–Kier alpha value is -1.39. The molecule has 2 aromatic rings. The van der Waals surface area contributed by atoms with Crippen molar-refractivity contribution in [3.63, 3.8) is 0 Å². The van der Waals surface area contributed by atoms with Gasteiger partial charge in [-0.25, -0.2) is 0 Å². The van der Waals surface area contributed by atoms with Crippen LogP contribution in [0.15, 0.2) is 43.0 Å². The van der Waals surface area contributed by atoms with Gasteiger partial charge in [0, 0.05) is 28.7 Å². The lowest BCUT2D eigenvalue weighted by atomic mass is 10.2. The summed E-state index contributed by atoms with van der Waals surface area (Å²) >= 11 is 18.4. The second-order valence-electron chi connectivity index (χ2n) is 5.05. The zero-order chi connectivity index (χ0) is 17.5. The van der Waals surface area contributed by atoms with Crippen LogP contribution in [-0.4, -0.2) is 13.7 Å². The molecule has 0 aliphatic rings. The van der Waals surface area contributed by atoms with E-state index in [0.29, 0.717) is 39.7 Å². The van der Waals surface area contributed by atoms with Crippen LogP contribution in [0.1, 0.15) is 11.1 Å². The lowest BCUT2D eigenvalue weighted by Gasteiger charge is -2.15. The molecule has 24 heavy (non-hydrogen) atoms. The van der Waals surface area contributed by atoms with E-state index in [1.54, 1.807) is 25.3 Å². The summed E-state index contributed by atoms with van der Waals surface area (Å²) in [5.74, 6) is 1.06. The third-order valence-electron chi connectivity index (χ3n) is 3.29. The molecule has 0 atom stereocenters. The summed E-state index contributed by atoms with van der Waals surface area (Å²) in [5.41, 5.74) is 1.81. The highest BCUT2D eigenvalue weighted by Crippen LogP contribution is 2.37. The first-order valence-electron chi connectivity index (χ1n) is 7.30. The molecule has 0 aromatic heterocycles. The lowest BCUT2D eigenvalue weighted by Crippen LogP contribution is -2.12. The monoisotopic (exact) mass is 385 g/mol. The normalized spacial score (nSPS) is 10.5. The summed E-state index contributed by atoms with van der Waals surface area (Å²) in [4.78, 5) is 0. The van der Waals surface area contributed by atoms with Crippen molar-refractivity contribution in [3.8, 4) is 11.5 Å². The average molecular weight is 387 g/mol. The molecule has 1 N–H and O–H groups in total. The summed E-state index contributed by atoms with van der Waals surface area (Å²) in [7, 11) is 1.58. The first-order valence-corrected chi connectivity index (χ1v) is 8.43. The quantitative estimate of drug-likeness (QED) is 0.479. The van der Waals surface area contributed by atoms with Gasteiger partial charge in [0.1, 0.15) is 6.61 Å². The van der Waals surface area contributed by atoms with E-state index in [1.165, 1.54) is 0 Å². The van der Waals surface area contributed by atoms with Gasteiger partial charge in [0.2, 0.25) is 0 Å². The molecule has 0 spiro atoms. The van der Waals surface area contributed by atoms with E-state index in [1.807, 2.05) is 18.2 Å². The molecule has 3 nitrogen and oxygen atoms in total. The molecule has 0 saturated heterocycles. The van der Waals surface area contributed by atoms with Crippen molar-refractivity contribution in [3.05, 3.63) is 69.2 Å². The lowest BCUT2D eigenvalue weighted by molar-refractivity contribution is 0.284. The molecule has 0 amide bonds. The minimum Gasteiger partial charge on any atom is -0.493 e. The third kappa shape index (κ3) is 5.05. The Kier molecular flexibility index (Phi) is 7.25. The second-order valence-corrected chi connectivity index (χ2v) is 6.30. The zero-order valence-electron chi connectivity index (χ0n) is 13.2. The highest BCUT2D eigenvalue weighted by Gasteiger charge is 2.13. The summed E-state index contributed by atoms with van der Waals surface area (Å²) in [5, 5.41) is 4.82. The van der Waals surface area contributed by atoms with Crippen molar-refractivity contribution >= 4 is 34.8 Å². The van der Waals surface area contributed by atoms with Gasteiger partial charge in [-0.05, 0) is 29.8 Å². The fourth-order valence-corrected chi connectivity index (χ4v) is 2.87. The summed E-state index contributed by atoms with van der Waals surface area (Å²) in [6, 6.07) is 8.99. The molecule has 0 aliphatic heterocycles. The van der Waals surface area contributed by atoms with Gasteiger partial charge in [-0.2, -0.15) is 0 Å². The van der Waals surface area contributed by atoms with E-state index >= 15 is 0 Å². The Labute approximate surface area is 157 Å². The van der Waals surface area contributed by atoms with Crippen molar-refractivity contribution in [1.82, 2.24) is 5.32 Å². The molecule has 0 heterocycles. The first-order chi connectivity index (χ1) is 11.5. The van der Waals surface area contributed by atoms with E-state index in [0.717, 1.165) is 11.1 Å². The van der Waals surface area contributed by atoms with Crippen LogP contribution in [0.3, 0.4) is 0 Å². The molecule has 2 aromatic carbocycles. The number of hydrogen-bond acceptors (Lipinski definition) is 3. The van der Waals surface area contributed by atoms with Gasteiger partial charge >= 0.3 is 0 Å². The molecule has 0 radical (unpaired) electrons. The largest absolute Gasteiger partial charge is 0.493 e. The molecule has 0 aliphatic carbocycles.